The average Bonchev–Trinajstić information content (AvgIpc) is 3.07. The topological polar surface area (TPSA) is 89.5 Å². The van der Waals surface area contributed by atoms with Crippen LogP contribution in [0.1, 0.15) is 39.5 Å². The quantitative estimate of drug-likeness (QED) is 0.389. The van der Waals surface area contributed by atoms with Crippen LogP contribution in [0.2, 0.25) is 0 Å². The minimum atomic E-state index is -0.543. The summed E-state index contributed by atoms with van der Waals surface area (Å²) in [6, 6.07) is 8.62. The maximum absolute atomic E-state index is 12.7. The van der Waals surface area contributed by atoms with Crippen LogP contribution in [0.5, 0.6) is 0 Å². The highest BCUT2D eigenvalue weighted by atomic mass is 16.4. The molecule has 6 nitrogen and oxygen atoms in total. The Labute approximate surface area is 172 Å². The van der Waals surface area contributed by atoms with Gasteiger partial charge in [0.2, 0.25) is 5.91 Å². The summed E-state index contributed by atoms with van der Waals surface area (Å²) in [6.45, 7) is 7.09. The third-order valence-electron chi connectivity index (χ3n) is 5.43. The van der Waals surface area contributed by atoms with E-state index in [9.17, 15) is 14.4 Å². The molecule has 0 aliphatic heterocycles. The van der Waals surface area contributed by atoms with Crippen molar-refractivity contribution in [2.75, 3.05) is 5.32 Å². The van der Waals surface area contributed by atoms with Gasteiger partial charge in [-0.3, -0.25) is 9.59 Å². The molecule has 2 aromatic heterocycles. The van der Waals surface area contributed by atoms with Gasteiger partial charge in [-0.25, -0.2) is 4.79 Å². The zero-order valence-corrected chi connectivity index (χ0v) is 17.2. The molecule has 4 aromatic rings. The summed E-state index contributed by atoms with van der Waals surface area (Å²) in [5, 5.41) is 4.48. The summed E-state index contributed by atoms with van der Waals surface area (Å²) in [6.07, 6.45) is 1.55. The van der Waals surface area contributed by atoms with Gasteiger partial charge in [-0.15, -0.1) is 0 Å². The van der Waals surface area contributed by atoms with Gasteiger partial charge in [0.15, 0.2) is 5.78 Å². The minimum Gasteiger partial charge on any atom is -0.464 e. The zero-order valence-electron chi connectivity index (χ0n) is 17.2. The number of rotatable bonds is 4. The van der Waals surface area contributed by atoms with Crippen molar-refractivity contribution in [3.8, 4) is 0 Å². The number of hydrogen-bond acceptors (Lipinski definition) is 5. The molecule has 4 rings (SSSR count). The number of benzene rings is 2. The Balaban J connectivity index is 1.72. The molecule has 0 saturated heterocycles. The lowest BCUT2D eigenvalue weighted by Crippen LogP contribution is -2.21. The van der Waals surface area contributed by atoms with Crippen molar-refractivity contribution in [2.45, 2.75) is 34.1 Å². The Hall–Kier alpha value is -3.67. The van der Waals surface area contributed by atoms with Crippen molar-refractivity contribution in [2.24, 2.45) is 0 Å². The number of anilines is 1. The number of carbonyl (C=O) groups is 2. The van der Waals surface area contributed by atoms with Crippen molar-refractivity contribution in [1.29, 1.82) is 0 Å². The molecular formula is C24H21NO5. The van der Waals surface area contributed by atoms with Crippen LogP contribution in [-0.4, -0.2) is 11.7 Å². The molecule has 0 fully saturated rings. The van der Waals surface area contributed by atoms with Crippen LogP contribution in [0.25, 0.3) is 21.9 Å². The number of aryl methyl sites for hydroxylation is 3. The number of nitrogens with one attached hydrogen (secondary N) is 1. The summed E-state index contributed by atoms with van der Waals surface area (Å²) in [7, 11) is 0. The second-order valence-corrected chi connectivity index (χ2v) is 7.53. The fraction of sp³-hybridized carbons (Fsp3) is 0.208. The monoisotopic (exact) mass is 403 g/mol. The zero-order chi connectivity index (χ0) is 21.6. The van der Waals surface area contributed by atoms with Gasteiger partial charge < -0.3 is 14.2 Å². The van der Waals surface area contributed by atoms with Gasteiger partial charge in [0.25, 0.3) is 0 Å². The van der Waals surface area contributed by atoms with E-state index in [1.54, 1.807) is 30.5 Å². The number of fused-ring (bicyclic) bond motifs is 2. The van der Waals surface area contributed by atoms with Crippen LogP contribution in [0.3, 0.4) is 0 Å². The van der Waals surface area contributed by atoms with Gasteiger partial charge in [0.1, 0.15) is 11.2 Å². The van der Waals surface area contributed by atoms with E-state index in [1.807, 2.05) is 26.8 Å². The molecule has 0 spiro atoms. The molecule has 0 radical (unpaired) electrons. The minimum absolute atomic E-state index is 0.0895. The first kappa shape index (κ1) is 19.6. The van der Waals surface area contributed by atoms with E-state index in [4.69, 9.17) is 8.83 Å². The summed E-state index contributed by atoms with van der Waals surface area (Å²) in [5.41, 5.74) is 4.39. The Kier molecular flexibility index (Phi) is 4.78. The smallest absolute Gasteiger partial charge is 0.340 e. The summed E-state index contributed by atoms with van der Waals surface area (Å²) >= 11 is 0. The summed E-state index contributed by atoms with van der Waals surface area (Å²) in [5.74, 6) is -0.448. The number of hydrogen-bond donors (Lipinski definition) is 1. The van der Waals surface area contributed by atoms with Gasteiger partial charge in [-0.2, -0.15) is 0 Å². The normalized spacial score (nSPS) is 11.2. The lowest BCUT2D eigenvalue weighted by Gasteiger charge is -2.11. The van der Waals surface area contributed by atoms with Crippen molar-refractivity contribution < 1.29 is 18.4 Å². The molecule has 2 heterocycles. The molecule has 1 amide bonds. The van der Waals surface area contributed by atoms with Crippen LogP contribution in [-0.2, 0) is 11.2 Å². The van der Waals surface area contributed by atoms with Crippen molar-refractivity contribution in [1.82, 2.24) is 0 Å². The number of amides is 1. The second-order valence-electron chi connectivity index (χ2n) is 7.53. The van der Waals surface area contributed by atoms with E-state index >= 15 is 0 Å². The summed E-state index contributed by atoms with van der Waals surface area (Å²) < 4.78 is 11.2. The molecule has 0 aliphatic rings. The maximum Gasteiger partial charge on any atom is 0.340 e. The molecule has 0 aliphatic carbocycles. The number of Topliss-reactive ketones (excluding diaryl/α,β-unsaturated/α-hetero) is 1. The SMILES string of the molecule is CC(=O)c1cccc(NC(=O)Cc2c(C)c3cc4c(C)coc4c(C)c3oc2=O)c1. The van der Waals surface area contributed by atoms with Crippen molar-refractivity contribution in [3.63, 3.8) is 0 Å². The number of furan rings is 1. The molecule has 2 aromatic carbocycles. The van der Waals surface area contributed by atoms with Crippen molar-refractivity contribution >= 4 is 39.3 Å². The third kappa shape index (κ3) is 3.30. The Morgan fingerprint density at radius 3 is 2.50 bits per heavy atom. The van der Waals surface area contributed by atoms with Crippen LogP contribution in [0.15, 0.2) is 50.2 Å². The molecular weight excluding hydrogens is 382 g/mol. The number of ketones is 1. The van der Waals surface area contributed by atoms with Crippen LogP contribution < -0.4 is 10.9 Å². The standard InChI is InChI=1S/C24H21NO5/c1-12-11-29-22-14(3)23-19(9-18(12)22)13(2)20(24(28)30-23)10-21(27)25-17-7-5-6-16(8-17)15(4)26/h5-9,11H,10H2,1-4H3,(H,25,27). The van der Waals surface area contributed by atoms with E-state index in [1.165, 1.54) is 6.92 Å². The second kappa shape index (κ2) is 7.30. The van der Waals surface area contributed by atoms with Crippen molar-refractivity contribution in [3.05, 3.63) is 74.8 Å². The first-order chi connectivity index (χ1) is 14.3. The maximum atomic E-state index is 12.7. The van der Waals surface area contributed by atoms with Gasteiger partial charge in [-0.05, 0) is 57.0 Å². The first-order valence-electron chi connectivity index (χ1n) is 9.60. The lowest BCUT2D eigenvalue weighted by atomic mass is 9.99. The van der Waals surface area contributed by atoms with E-state index < -0.39 is 5.63 Å². The van der Waals surface area contributed by atoms with Crippen LogP contribution >= 0.6 is 0 Å². The van der Waals surface area contributed by atoms with Gasteiger partial charge in [0.05, 0.1) is 18.2 Å². The number of carbonyl (C=O) groups excluding carboxylic acids is 2. The van der Waals surface area contributed by atoms with E-state index in [2.05, 4.69) is 5.32 Å². The predicted molar refractivity (Wildman–Crippen MR) is 115 cm³/mol. The Morgan fingerprint density at radius 1 is 1.00 bits per heavy atom. The van der Waals surface area contributed by atoms with E-state index in [0.717, 1.165) is 21.9 Å². The molecule has 0 saturated carbocycles. The third-order valence-corrected chi connectivity index (χ3v) is 5.43. The molecule has 0 atom stereocenters. The highest BCUT2D eigenvalue weighted by Crippen LogP contribution is 2.32. The van der Waals surface area contributed by atoms with Gasteiger partial charge in [0, 0.05) is 27.6 Å². The fourth-order valence-electron chi connectivity index (χ4n) is 3.70. The highest BCUT2D eigenvalue weighted by molar-refractivity contribution is 6.01. The van der Waals surface area contributed by atoms with Gasteiger partial charge in [-0.1, -0.05) is 12.1 Å². The molecule has 0 unspecified atom stereocenters. The molecule has 30 heavy (non-hydrogen) atoms. The lowest BCUT2D eigenvalue weighted by molar-refractivity contribution is -0.115. The van der Waals surface area contributed by atoms with Crippen LogP contribution in [0.4, 0.5) is 5.69 Å². The van der Waals surface area contributed by atoms with Gasteiger partial charge >= 0.3 is 5.63 Å². The van der Waals surface area contributed by atoms with E-state index in [0.29, 0.717) is 33.5 Å². The molecule has 6 heteroatoms. The van der Waals surface area contributed by atoms with Crippen LogP contribution in [0, 0.1) is 20.8 Å². The first-order valence-corrected chi connectivity index (χ1v) is 9.60. The fourth-order valence-corrected chi connectivity index (χ4v) is 3.70. The Morgan fingerprint density at radius 2 is 1.77 bits per heavy atom. The largest absolute Gasteiger partial charge is 0.464 e. The summed E-state index contributed by atoms with van der Waals surface area (Å²) in [4.78, 5) is 36.8. The predicted octanol–water partition coefficient (Wildman–Crippen LogP) is 4.85. The highest BCUT2D eigenvalue weighted by Gasteiger charge is 2.19. The van der Waals surface area contributed by atoms with E-state index in [-0.39, 0.29) is 18.1 Å². The Bertz CT molecular complexity index is 1390. The molecule has 1 N–H and O–H groups in total. The molecule has 152 valence electrons. The molecule has 0 bridgehead atoms. The average molecular weight is 403 g/mol.